The van der Waals surface area contributed by atoms with E-state index in [1.807, 2.05) is 19.1 Å². The number of hydrogen-bond acceptors (Lipinski definition) is 5. The van der Waals surface area contributed by atoms with Crippen LogP contribution in [0.5, 0.6) is 5.75 Å². The molecular formula is C22H37NO4. The summed E-state index contributed by atoms with van der Waals surface area (Å²) in [4.78, 5) is 10.4. The molecule has 0 aromatic heterocycles. The molecule has 5 nitrogen and oxygen atoms in total. The molecule has 0 heterocycles. The average Bonchev–Trinajstić information content (AvgIpc) is 2.68. The number of ether oxygens (including phenoxy) is 2. The zero-order valence-corrected chi connectivity index (χ0v) is 17.0. The Bertz CT molecular complexity index is 506. The van der Waals surface area contributed by atoms with Crippen LogP contribution in [0.15, 0.2) is 24.3 Å². The molecule has 0 amide bonds. The number of aryl methyl sites for hydroxylation is 1. The maximum atomic E-state index is 10.4. The summed E-state index contributed by atoms with van der Waals surface area (Å²) in [6, 6.07) is 8.17. The molecule has 2 atom stereocenters. The Balaban J connectivity index is 2.35. The van der Waals surface area contributed by atoms with Crippen molar-refractivity contribution in [2.45, 2.75) is 83.5 Å². The number of hydrogen-bond donors (Lipinski definition) is 2. The van der Waals surface area contributed by atoms with Crippen LogP contribution in [0.2, 0.25) is 0 Å². The summed E-state index contributed by atoms with van der Waals surface area (Å²) in [5.41, 5.74) is 7.07. The smallest absolute Gasteiger partial charge is 0.161 e. The highest BCUT2D eigenvalue weighted by Gasteiger charge is 2.24. The minimum absolute atomic E-state index is 0.0279. The van der Waals surface area contributed by atoms with Crippen molar-refractivity contribution in [3.8, 4) is 5.75 Å². The number of carbonyl (C=O) groups excluding carboxylic acids is 1. The Morgan fingerprint density at radius 2 is 1.85 bits per heavy atom. The Kier molecular flexibility index (Phi) is 12.0. The molecule has 0 radical (unpaired) electrons. The van der Waals surface area contributed by atoms with Crippen LogP contribution in [0.25, 0.3) is 0 Å². The van der Waals surface area contributed by atoms with Gasteiger partial charge in [-0.1, -0.05) is 51.7 Å². The van der Waals surface area contributed by atoms with E-state index >= 15 is 0 Å². The number of aliphatic hydroxyl groups excluding tert-OH is 1. The molecule has 0 saturated heterocycles. The summed E-state index contributed by atoms with van der Waals surface area (Å²) in [6.07, 6.45) is 8.02. The predicted molar refractivity (Wildman–Crippen MR) is 109 cm³/mol. The Hall–Kier alpha value is -1.43. The third-order valence-corrected chi connectivity index (χ3v) is 4.92. The van der Waals surface area contributed by atoms with E-state index in [1.165, 1.54) is 31.2 Å². The molecule has 1 rings (SSSR count). The number of carbonyl (C=O) groups is 1. The van der Waals surface area contributed by atoms with E-state index in [0.29, 0.717) is 6.29 Å². The number of benzene rings is 1. The molecule has 0 aliphatic rings. The number of nitrogens with two attached hydrogens (primary N) is 1. The molecule has 5 heteroatoms. The minimum Gasteiger partial charge on any atom is -0.494 e. The van der Waals surface area contributed by atoms with Gasteiger partial charge in [0, 0.05) is 5.54 Å². The molecule has 1 aromatic rings. The lowest BCUT2D eigenvalue weighted by Gasteiger charge is -2.29. The van der Waals surface area contributed by atoms with Crippen LogP contribution < -0.4 is 10.5 Å². The quantitative estimate of drug-likeness (QED) is 0.258. The minimum atomic E-state index is -1.07. The van der Waals surface area contributed by atoms with E-state index in [-0.39, 0.29) is 13.0 Å². The SMILES string of the molecule is CCCCCCCOc1ccc(CC[C@](N)(CC)COC(O)CC=O)cc1. The largest absolute Gasteiger partial charge is 0.494 e. The summed E-state index contributed by atoms with van der Waals surface area (Å²) in [7, 11) is 0. The average molecular weight is 380 g/mol. The Labute approximate surface area is 164 Å². The van der Waals surface area contributed by atoms with Gasteiger partial charge in [-0.2, -0.15) is 0 Å². The number of unbranched alkanes of at least 4 members (excludes halogenated alkanes) is 4. The lowest BCUT2D eigenvalue weighted by atomic mass is 9.90. The highest BCUT2D eigenvalue weighted by atomic mass is 16.6. The molecule has 0 spiro atoms. The van der Waals surface area contributed by atoms with E-state index in [1.54, 1.807) is 0 Å². The third-order valence-electron chi connectivity index (χ3n) is 4.92. The van der Waals surface area contributed by atoms with Gasteiger partial charge in [0.1, 0.15) is 12.0 Å². The molecular weight excluding hydrogens is 342 g/mol. The van der Waals surface area contributed by atoms with E-state index in [0.717, 1.165) is 38.0 Å². The van der Waals surface area contributed by atoms with Gasteiger partial charge in [0.2, 0.25) is 0 Å². The lowest BCUT2D eigenvalue weighted by Crippen LogP contribution is -2.45. The monoisotopic (exact) mass is 379 g/mol. The molecule has 0 aliphatic heterocycles. The molecule has 0 bridgehead atoms. The predicted octanol–water partition coefficient (Wildman–Crippen LogP) is 4.00. The summed E-state index contributed by atoms with van der Waals surface area (Å²) in [5.74, 6) is 0.907. The molecule has 1 aromatic carbocycles. The van der Waals surface area contributed by atoms with Crippen molar-refractivity contribution in [2.24, 2.45) is 5.73 Å². The van der Waals surface area contributed by atoms with E-state index in [4.69, 9.17) is 15.2 Å². The van der Waals surface area contributed by atoms with E-state index < -0.39 is 11.8 Å². The van der Waals surface area contributed by atoms with Crippen molar-refractivity contribution >= 4 is 6.29 Å². The fourth-order valence-electron chi connectivity index (χ4n) is 2.80. The highest BCUT2D eigenvalue weighted by Crippen LogP contribution is 2.19. The van der Waals surface area contributed by atoms with Gasteiger partial charge in [0.05, 0.1) is 19.6 Å². The number of rotatable bonds is 16. The molecule has 154 valence electrons. The second-order valence-corrected chi connectivity index (χ2v) is 7.29. The molecule has 3 N–H and O–H groups in total. The van der Waals surface area contributed by atoms with Crippen LogP contribution in [-0.2, 0) is 16.0 Å². The summed E-state index contributed by atoms with van der Waals surface area (Å²) in [6.45, 7) is 5.23. The zero-order chi connectivity index (χ0) is 20.0. The maximum Gasteiger partial charge on any atom is 0.161 e. The first-order valence-electron chi connectivity index (χ1n) is 10.3. The molecule has 0 fully saturated rings. The summed E-state index contributed by atoms with van der Waals surface area (Å²) >= 11 is 0. The first-order valence-corrected chi connectivity index (χ1v) is 10.3. The van der Waals surface area contributed by atoms with Gasteiger partial charge in [-0.05, 0) is 43.4 Å². The lowest BCUT2D eigenvalue weighted by molar-refractivity contribution is -0.132. The van der Waals surface area contributed by atoms with Crippen molar-refractivity contribution in [1.82, 2.24) is 0 Å². The van der Waals surface area contributed by atoms with E-state index in [2.05, 4.69) is 19.1 Å². The molecule has 27 heavy (non-hydrogen) atoms. The van der Waals surface area contributed by atoms with Gasteiger partial charge in [-0.3, -0.25) is 0 Å². The third kappa shape index (κ3) is 10.5. The van der Waals surface area contributed by atoms with Crippen LogP contribution in [0.4, 0.5) is 0 Å². The van der Waals surface area contributed by atoms with Crippen molar-refractivity contribution in [3.63, 3.8) is 0 Å². The van der Waals surface area contributed by atoms with Gasteiger partial charge in [0.15, 0.2) is 6.29 Å². The van der Waals surface area contributed by atoms with Crippen molar-refractivity contribution < 1.29 is 19.4 Å². The normalized spacial score (nSPS) is 14.5. The van der Waals surface area contributed by atoms with Gasteiger partial charge in [-0.25, -0.2) is 0 Å². The summed E-state index contributed by atoms with van der Waals surface area (Å²) in [5, 5.41) is 9.53. The zero-order valence-electron chi connectivity index (χ0n) is 17.0. The number of aliphatic hydroxyl groups is 1. The van der Waals surface area contributed by atoms with Crippen LogP contribution in [0.3, 0.4) is 0 Å². The standard InChI is InChI=1S/C22H37NO4/c1-3-5-6-7-8-17-26-20-11-9-19(10-12-20)13-15-22(23,4-2)18-27-21(25)14-16-24/h9-12,16,21,25H,3-8,13-15,17-18,23H2,1-2H3/t21?,22-/m1/s1. The van der Waals surface area contributed by atoms with Gasteiger partial charge < -0.3 is 25.1 Å². The van der Waals surface area contributed by atoms with Crippen molar-refractivity contribution in [1.29, 1.82) is 0 Å². The van der Waals surface area contributed by atoms with Gasteiger partial charge in [0.25, 0.3) is 0 Å². The maximum absolute atomic E-state index is 10.4. The van der Waals surface area contributed by atoms with Crippen LogP contribution in [0.1, 0.15) is 70.8 Å². The second-order valence-electron chi connectivity index (χ2n) is 7.29. The van der Waals surface area contributed by atoms with Crippen molar-refractivity contribution in [3.05, 3.63) is 29.8 Å². The second kappa shape index (κ2) is 13.7. The molecule has 0 saturated carbocycles. The van der Waals surface area contributed by atoms with Crippen molar-refractivity contribution in [2.75, 3.05) is 13.2 Å². The fourth-order valence-corrected chi connectivity index (χ4v) is 2.80. The molecule has 1 unspecified atom stereocenters. The van der Waals surface area contributed by atoms with Crippen LogP contribution >= 0.6 is 0 Å². The Morgan fingerprint density at radius 1 is 1.15 bits per heavy atom. The number of aldehydes is 1. The summed E-state index contributed by atoms with van der Waals surface area (Å²) < 4.78 is 11.1. The van der Waals surface area contributed by atoms with Crippen LogP contribution in [-0.4, -0.2) is 36.4 Å². The van der Waals surface area contributed by atoms with Gasteiger partial charge in [-0.15, -0.1) is 0 Å². The first-order chi connectivity index (χ1) is 13.0. The molecule has 0 aliphatic carbocycles. The topological polar surface area (TPSA) is 81.8 Å². The fraction of sp³-hybridized carbons (Fsp3) is 0.682. The first kappa shape index (κ1) is 23.6. The van der Waals surface area contributed by atoms with Crippen LogP contribution in [0, 0.1) is 0 Å². The van der Waals surface area contributed by atoms with E-state index in [9.17, 15) is 9.90 Å². The Morgan fingerprint density at radius 3 is 2.48 bits per heavy atom. The highest BCUT2D eigenvalue weighted by molar-refractivity contribution is 5.49. The van der Waals surface area contributed by atoms with Gasteiger partial charge >= 0.3 is 0 Å².